The summed E-state index contributed by atoms with van der Waals surface area (Å²) in [6, 6.07) is 5.27. The van der Waals surface area contributed by atoms with Crippen LogP contribution in [0.1, 0.15) is 17.5 Å². The van der Waals surface area contributed by atoms with Gasteiger partial charge in [0, 0.05) is 25.7 Å². The molecule has 2 aliphatic rings. The minimum Gasteiger partial charge on any atom is -0.390 e. The summed E-state index contributed by atoms with van der Waals surface area (Å²) in [4.78, 5) is 2.30. The van der Waals surface area contributed by atoms with E-state index in [1.807, 2.05) is 6.07 Å². The van der Waals surface area contributed by atoms with Gasteiger partial charge in [-0.3, -0.25) is 4.90 Å². The molecule has 0 spiro atoms. The SMILES string of the molecule is O[C@@H]1CNCC[C@H]1N1CCc2ccc(F)cc2C1. The van der Waals surface area contributed by atoms with E-state index in [0.29, 0.717) is 6.54 Å². The Morgan fingerprint density at radius 2 is 2.22 bits per heavy atom. The number of aliphatic hydroxyl groups is 1. The topological polar surface area (TPSA) is 35.5 Å². The first kappa shape index (κ1) is 12.1. The fraction of sp³-hybridized carbons (Fsp3) is 0.571. The van der Waals surface area contributed by atoms with Gasteiger partial charge in [-0.25, -0.2) is 4.39 Å². The van der Waals surface area contributed by atoms with E-state index >= 15 is 0 Å². The Morgan fingerprint density at radius 1 is 1.33 bits per heavy atom. The van der Waals surface area contributed by atoms with Crippen LogP contribution in [0, 0.1) is 5.82 Å². The summed E-state index contributed by atoms with van der Waals surface area (Å²) in [5.41, 5.74) is 2.32. The van der Waals surface area contributed by atoms with Gasteiger partial charge in [0.1, 0.15) is 5.82 Å². The summed E-state index contributed by atoms with van der Waals surface area (Å²) in [5, 5.41) is 13.2. The monoisotopic (exact) mass is 250 g/mol. The molecule has 3 nitrogen and oxygen atoms in total. The molecular formula is C14H19FN2O. The minimum atomic E-state index is -0.311. The van der Waals surface area contributed by atoms with Gasteiger partial charge in [-0.15, -0.1) is 0 Å². The molecule has 98 valence electrons. The molecule has 1 aromatic rings. The first-order valence-electron chi connectivity index (χ1n) is 6.64. The average Bonchev–Trinajstić information content (AvgIpc) is 2.38. The van der Waals surface area contributed by atoms with Crippen molar-refractivity contribution in [3.05, 3.63) is 35.1 Å². The van der Waals surface area contributed by atoms with Gasteiger partial charge in [0.15, 0.2) is 0 Å². The standard InChI is InChI=1S/C14H19FN2O/c15-12-2-1-10-4-6-17(9-11(10)7-12)13-3-5-16-8-14(13)18/h1-2,7,13-14,16,18H,3-6,8-9H2/t13-,14-/m1/s1. The number of rotatable bonds is 1. The predicted molar refractivity (Wildman–Crippen MR) is 67.8 cm³/mol. The van der Waals surface area contributed by atoms with Gasteiger partial charge >= 0.3 is 0 Å². The first-order chi connectivity index (χ1) is 8.74. The number of hydrogen-bond acceptors (Lipinski definition) is 3. The molecule has 2 aliphatic heterocycles. The van der Waals surface area contributed by atoms with Crippen LogP contribution in [0.2, 0.25) is 0 Å². The molecule has 3 rings (SSSR count). The molecule has 1 fully saturated rings. The Labute approximate surface area is 107 Å². The van der Waals surface area contributed by atoms with Crippen LogP contribution in [0.25, 0.3) is 0 Å². The van der Waals surface area contributed by atoms with Crippen molar-refractivity contribution in [3.8, 4) is 0 Å². The van der Waals surface area contributed by atoms with Gasteiger partial charge in [-0.1, -0.05) is 6.07 Å². The molecule has 1 saturated heterocycles. The zero-order chi connectivity index (χ0) is 12.5. The Bertz CT molecular complexity index is 438. The highest BCUT2D eigenvalue weighted by atomic mass is 19.1. The van der Waals surface area contributed by atoms with Crippen molar-refractivity contribution in [2.45, 2.75) is 31.5 Å². The number of β-amino-alcohol motifs (C(OH)–C–C–N with tert-alkyl or cyclic N) is 1. The Balaban J connectivity index is 1.77. The van der Waals surface area contributed by atoms with E-state index in [2.05, 4.69) is 10.2 Å². The van der Waals surface area contributed by atoms with Crippen molar-refractivity contribution < 1.29 is 9.50 Å². The van der Waals surface area contributed by atoms with Crippen molar-refractivity contribution >= 4 is 0 Å². The minimum absolute atomic E-state index is 0.165. The molecule has 0 saturated carbocycles. The Kier molecular flexibility index (Phi) is 3.33. The van der Waals surface area contributed by atoms with E-state index in [4.69, 9.17) is 0 Å². The van der Waals surface area contributed by atoms with Crippen LogP contribution in [0.3, 0.4) is 0 Å². The van der Waals surface area contributed by atoms with Gasteiger partial charge < -0.3 is 10.4 Å². The number of aliphatic hydroxyl groups excluding tert-OH is 1. The number of piperidine rings is 1. The Hall–Kier alpha value is -0.970. The highest BCUT2D eigenvalue weighted by Crippen LogP contribution is 2.24. The fourth-order valence-corrected chi connectivity index (χ4v) is 3.08. The molecule has 2 heterocycles. The molecule has 2 N–H and O–H groups in total. The molecule has 4 heteroatoms. The van der Waals surface area contributed by atoms with Crippen LogP contribution in [-0.4, -0.2) is 41.8 Å². The van der Waals surface area contributed by atoms with Crippen LogP contribution in [0.5, 0.6) is 0 Å². The fourth-order valence-electron chi connectivity index (χ4n) is 3.08. The average molecular weight is 250 g/mol. The van der Waals surface area contributed by atoms with Crippen molar-refractivity contribution in [3.63, 3.8) is 0 Å². The summed E-state index contributed by atoms with van der Waals surface area (Å²) in [5.74, 6) is -0.165. The van der Waals surface area contributed by atoms with E-state index in [-0.39, 0.29) is 18.0 Å². The zero-order valence-corrected chi connectivity index (χ0v) is 10.4. The second-order valence-corrected chi connectivity index (χ2v) is 5.26. The maximum atomic E-state index is 13.3. The third-order valence-electron chi connectivity index (χ3n) is 4.09. The summed E-state index contributed by atoms with van der Waals surface area (Å²) < 4.78 is 13.3. The predicted octanol–water partition coefficient (Wildman–Crippen LogP) is 0.907. The number of halogens is 1. The molecule has 0 aromatic heterocycles. The smallest absolute Gasteiger partial charge is 0.123 e. The lowest BCUT2D eigenvalue weighted by molar-refractivity contribution is 0.0219. The second-order valence-electron chi connectivity index (χ2n) is 5.26. The van der Waals surface area contributed by atoms with E-state index in [9.17, 15) is 9.50 Å². The summed E-state index contributed by atoms with van der Waals surface area (Å²) >= 11 is 0. The molecule has 0 aliphatic carbocycles. The number of nitrogens with one attached hydrogen (secondary N) is 1. The molecular weight excluding hydrogens is 231 g/mol. The maximum Gasteiger partial charge on any atom is 0.123 e. The van der Waals surface area contributed by atoms with E-state index in [1.54, 1.807) is 6.07 Å². The molecule has 18 heavy (non-hydrogen) atoms. The number of fused-ring (bicyclic) bond motifs is 1. The van der Waals surface area contributed by atoms with Crippen LogP contribution < -0.4 is 5.32 Å². The van der Waals surface area contributed by atoms with Crippen LogP contribution >= 0.6 is 0 Å². The highest BCUT2D eigenvalue weighted by Gasteiger charge is 2.30. The largest absolute Gasteiger partial charge is 0.390 e. The van der Waals surface area contributed by atoms with Gasteiger partial charge in [-0.2, -0.15) is 0 Å². The number of nitrogens with zero attached hydrogens (tertiary/aromatic N) is 1. The summed E-state index contributed by atoms with van der Waals surface area (Å²) in [6.45, 7) is 3.33. The molecule has 2 atom stereocenters. The van der Waals surface area contributed by atoms with Crippen molar-refractivity contribution in [1.82, 2.24) is 10.2 Å². The Morgan fingerprint density at radius 3 is 3.06 bits per heavy atom. The normalized spacial score (nSPS) is 29.0. The highest BCUT2D eigenvalue weighted by molar-refractivity contribution is 5.30. The van der Waals surface area contributed by atoms with Crippen molar-refractivity contribution in [1.29, 1.82) is 0 Å². The number of benzene rings is 1. The van der Waals surface area contributed by atoms with Crippen LogP contribution in [-0.2, 0) is 13.0 Å². The third-order valence-corrected chi connectivity index (χ3v) is 4.09. The van der Waals surface area contributed by atoms with Crippen molar-refractivity contribution in [2.75, 3.05) is 19.6 Å². The van der Waals surface area contributed by atoms with Crippen LogP contribution in [0.15, 0.2) is 18.2 Å². The second kappa shape index (κ2) is 4.96. The summed E-state index contributed by atoms with van der Waals surface area (Å²) in [7, 11) is 0. The number of hydrogen-bond donors (Lipinski definition) is 2. The molecule has 0 radical (unpaired) electrons. The maximum absolute atomic E-state index is 13.3. The summed E-state index contributed by atoms with van der Waals surface area (Å²) in [6.07, 6.45) is 1.60. The molecule has 1 aromatic carbocycles. The first-order valence-corrected chi connectivity index (χ1v) is 6.64. The molecule has 0 bridgehead atoms. The molecule has 0 unspecified atom stereocenters. The van der Waals surface area contributed by atoms with E-state index in [0.717, 1.165) is 38.0 Å². The van der Waals surface area contributed by atoms with Gasteiger partial charge in [-0.05, 0) is 42.6 Å². The van der Waals surface area contributed by atoms with Crippen molar-refractivity contribution in [2.24, 2.45) is 0 Å². The van der Waals surface area contributed by atoms with Gasteiger partial charge in [0.2, 0.25) is 0 Å². The molecule has 0 amide bonds. The van der Waals surface area contributed by atoms with Gasteiger partial charge in [0.25, 0.3) is 0 Å². The quantitative estimate of drug-likeness (QED) is 0.777. The van der Waals surface area contributed by atoms with Gasteiger partial charge in [0.05, 0.1) is 6.10 Å². The lowest BCUT2D eigenvalue weighted by atomic mass is 9.94. The third kappa shape index (κ3) is 2.28. The van der Waals surface area contributed by atoms with Crippen LogP contribution in [0.4, 0.5) is 4.39 Å². The lowest BCUT2D eigenvalue weighted by Gasteiger charge is -2.40. The van der Waals surface area contributed by atoms with E-state index < -0.39 is 0 Å². The van der Waals surface area contributed by atoms with E-state index in [1.165, 1.54) is 11.6 Å². The zero-order valence-electron chi connectivity index (χ0n) is 10.4. The lowest BCUT2D eigenvalue weighted by Crippen LogP contribution is -2.53.